The molecular formula is C21H25FN2O3. The fourth-order valence-electron chi connectivity index (χ4n) is 3.14. The summed E-state index contributed by atoms with van der Waals surface area (Å²) in [7, 11) is 1.61. The van der Waals surface area contributed by atoms with Crippen molar-refractivity contribution in [3.8, 4) is 5.75 Å². The van der Waals surface area contributed by atoms with Crippen molar-refractivity contribution in [2.45, 2.75) is 19.9 Å². The van der Waals surface area contributed by atoms with Crippen LogP contribution in [-0.4, -0.2) is 39.3 Å². The van der Waals surface area contributed by atoms with E-state index < -0.39 is 0 Å². The molecule has 2 aromatic rings. The monoisotopic (exact) mass is 372 g/mol. The SMILES string of the molecule is COc1cc(CC(=O)NCc2ccc(N3CCOCC3)c(F)c2)ccc1C. The van der Waals surface area contributed by atoms with Gasteiger partial charge in [0.15, 0.2) is 0 Å². The van der Waals surface area contributed by atoms with E-state index in [1.807, 2.05) is 36.1 Å². The Morgan fingerprint density at radius 2 is 1.93 bits per heavy atom. The second-order valence-corrected chi connectivity index (χ2v) is 6.64. The molecule has 0 spiro atoms. The van der Waals surface area contributed by atoms with Crippen molar-refractivity contribution in [2.24, 2.45) is 0 Å². The number of anilines is 1. The van der Waals surface area contributed by atoms with Crippen molar-refractivity contribution in [3.05, 3.63) is 58.9 Å². The number of halogens is 1. The maximum atomic E-state index is 14.4. The Labute approximate surface area is 159 Å². The van der Waals surface area contributed by atoms with E-state index in [0.29, 0.717) is 38.5 Å². The number of benzene rings is 2. The summed E-state index contributed by atoms with van der Waals surface area (Å²) in [6, 6.07) is 10.8. The second-order valence-electron chi connectivity index (χ2n) is 6.64. The number of amides is 1. The van der Waals surface area contributed by atoms with Crippen LogP contribution in [0.25, 0.3) is 0 Å². The lowest BCUT2D eigenvalue weighted by Gasteiger charge is -2.29. The molecule has 0 radical (unpaired) electrons. The van der Waals surface area contributed by atoms with E-state index in [1.54, 1.807) is 13.2 Å². The van der Waals surface area contributed by atoms with Gasteiger partial charge in [-0.3, -0.25) is 4.79 Å². The molecule has 144 valence electrons. The first kappa shape index (κ1) is 19.2. The highest BCUT2D eigenvalue weighted by Crippen LogP contribution is 2.22. The van der Waals surface area contributed by atoms with Crippen molar-refractivity contribution in [3.63, 3.8) is 0 Å². The van der Waals surface area contributed by atoms with Crippen molar-refractivity contribution >= 4 is 11.6 Å². The zero-order valence-electron chi connectivity index (χ0n) is 15.8. The highest BCUT2D eigenvalue weighted by molar-refractivity contribution is 5.78. The minimum atomic E-state index is -0.271. The minimum absolute atomic E-state index is 0.112. The first-order chi connectivity index (χ1) is 13.1. The molecule has 1 aliphatic heterocycles. The standard InChI is InChI=1S/C21H25FN2O3/c1-15-3-4-16(12-20(15)26-2)13-21(25)23-14-17-5-6-19(18(22)11-17)24-7-9-27-10-8-24/h3-6,11-12H,7-10,13-14H2,1-2H3,(H,23,25). The number of carbonyl (C=O) groups is 1. The molecule has 1 N–H and O–H groups in total. The van der Waals surface area contributed by atoms with Gasteiger partial charge in [0.05, 0.1) is 32.4 Å². The van der Waals surface area contributed by atoms with Gasteiger partial charge >= 0.3 is 0 Å². The molecule has 1 fully saturated rings. The third-order valence-electron chi connectivity index (χ3n) is 4.69. The van der Waals surface area contributed by atoms with Gasteiger partial charge in [0, 0.05) is 19.6 Å². The van der Waals surface area contributed by atoms with Crippen LogP contribution in [-0.2, 0) is 22.5 Å². The lowest BCUT2D eigenvalue weighted by molar-refractivity contribution is -0.120. The Morgan fingerprint density at radius 1 is 1.19 bits per heavy atom. The van der Waals surface area contributed by atoms with E-state index in [0.717, 1.165) is 22.4 Å². The Morgan fingerprint density at radius 3 is 2.63 bits per heavy atom. The molecule has 1 heterocycles. The Bertz CT molecular complexity index is 804. The first-order valence-electron chi connectivity index (χ1n) is 9.08. The molecule has 1 amide bonds. The van der Waals surface area contributed by atoms with Crippen molar-refractivity contribution < 1.29 is 18.7 Å². The third-order valence-corrected chi connectivity index (χ3v) is 4.69. The van der Waals surface area contributed by atoms with Crippen molar-refractivity contribution in [1.82, 2.24) is 5.32 Å². The summed E-state index contributed by atoms with van der Waals surface area (Å²) >= 11 is 0. The Balaban J connectivity index is 1.56. The van der Waals surface area contributed by atoms with Crippen LogP contribution in [0.5, 0.6) is 5.75 Å². The molecular weight excluding hydrogens is 347 g/mol. The summed E-state index contributed by atoms with van der Waals surface area (Å²) in [4.78, 5) is 14.2. The van der Waals surface area contributed by atoms with Crippen LogP contribution in [0.4, 0.5) is 10.1 Å². The van der Waals surface area contributed by atoms with E-state index in [2.05, 4.69) is 5.32 Å². The average Bonchev–Trinajstić information content (AvgIpc) is 2.68. The Hall–Kier alpha value is -2.60. The predicted octanol–water partition coefficient (Wildman–Crippen LogP) is 2.84. The number of morpholine rings is 1. The predicted molar refractivity (Wildman–Crippen MR) is 103 cm³/mol. The van der Waals surface area contributed by atoms with Gasteiger partial charge in [0.2, 0.25) is 5.91 Å². The van der Waals surface area contributed by atoms with E-state index in [-0.39, 0.29) is 18.1 Å². The van der Waals surface area contributed by atoms with Crippen LogP contribution in [0.3, 0.4) is 0 Å². The summed E-state index contributed by atoms with van der Waals surface area (Å²) in [6.45, 7) is 4.85. The van der Waals surface area contributed by atoms with Crippen molar-refractivity contribution in [1.29, 1.82) is 0 Å². The molecule has 0 aromatic heterocycles. The largest absolute Gasteiger partial charge is 0.496 e. The van der Waals surface area contributed by atoms with Crippen LogP contribution in [0.15, 0.2) is 36.4 Å². The van der Waals surface area contributed by atoms with Crippen LogP contribution >= 0.6 is 0 Å². The average molecular weight is 372 g/mol. The molecule has 0 atom stereocenters. The molecule has 0 aliphatic carbocycles. The van der Waals surface area contributed by atoms with E-state index >= 15 is 0 Å². The Kier molecular flexibility index (Phi) is 6.29. The summed E-state index contributed by atoms with van der Waals surface area (Å²) < 4.78 is 25.0. The molecule has 3 rings (SSSR count). The zero-order chi connectivity index (χ0) is 19.2. The lowest BCUT2D eigenvalue weighted by atomic mass is 10.1. The number of nitrogens with zero attached hydrogens (tertiary/aromatic N) is 1. The van der Waals surface area contributed by atoms with Crippen LogP contribution in [0.2, 0.25) is 0 Å². The zero-order valence-corrected chi connectivity index (χ0v) is 15.8. The van der Waals surface area contributed by atoms with Gasteiger partial charge < -0.3 is 19.7 Å². The van der Waals surface area contributed by atoms with E-state index in [1.165, 1.54) is 6.07 Å². The third kappa shape index (κ3) is 4.98. The van der Waals surface area contributed by atoms with Gasteiger partial charge in [-0.15, -0.1) is 0 Å². The number of hydrogen-bond donors (Lipinski definition) is 1. The molecule has 0 saturated carbocycles. The fraction of sp³-hybridized carbons (Fsp3) is 0.381. The van der Waals surface area contributed by atoms with Crippen LogP contribution in [0, 0.1) is 12.7 Å². The van der Waals surface area contributed by atoms with E-state index in [9.17, 15) is 9.18 Å². The maximum Gasteiger partial charge on any atom is 0.224 e. The number of rotatable bonds is 6. The molecule has 27 heavy (non-hydrogen) atoms. The van der Waals surface area contributed by atoms with Gasteiger partial charge in [-0.2, -0.15) is 0 Å². The maximum absolute atomic E-state index is 14.4. The molecule has 5 nitrogen and oxygen atoms in total. The number of ether oxygens (including phenoxy) is 2. The van der Waals surface area contributed by atoms with Gasteiger partial charge in [-0.05, 0) is 41.8 Å². The molecule has 6 heteroatoms. The first-order valence-corrected chi connectivity index (χ1v) is 9.08. The molecule has 2 aromatic carbocycles. The number of methoxy groups -OCH3 is 1. The molecule has 0 unspecified atom stereocenters. The highest BCUT2D eigenvalue weighted by Gasteiger charge is 2.15. The molecule has 0 bridgehead atoms. The lowest BCUT2D eigenvalue weighted by Crippen LogP contribution is -2.36. The molecule has 1 aliphatic rings. The highest BCUT2D eigenvalue weighted by atomic mass is 19.1. The summed E-state index contributed by atoms with van der Waals surface area (Å²) in [6.07, 6.45) is 0.255. The topological polar surface area (TPSA) is 50.8 Å². The summed E-state index contributed by atoms with van der Waals surface area (Å²) in [5.41, 5.74) is 3.22. The van der Waals surface area contributed by atoms with Gasteiger partial charge in [0.25, 0.3) is 0 Å². The van der Waals surface area contributed by atoms with Gasteiger partial charge in [-0.1, -0.05) is 18.2 Å². The van der Waals surface area contributed by atoms with E-state index in [4.69, 9.17) is 9.47 Å². The van der Waals surface area contributed by atoms with Gasteiger partial charge in [-0.25, -0.2) is 4.39 Å². The normalized spacial score (nSPS) is 14.1. The van der Waals surface area contributed by atoms with Gasteiger partial charge in [0.1, 0.15) is 11.6 Å². The van der Waals surface area contributed by atoms with Crippen LogP contribution in [0.1, 0.15) is 16.7 Å². The summed E-state index contributed by atoms with van der Waals surface area (Å²) in [5, 5.41) is 2.85. The van der Waals surface area contributed by atoms with Crippen molar-refractivity contribution in [2.75, 3.05) is 38.3 Å². The minimum Gasteiger partial charge on any atom is -0.496 e. The number of hydrogen-bond acceptors (Lipinski definition) is 4. The van der Waals surface area contributed by atoms with Crippen LogP contribution < -0.4 is 15.0 Å². The number of carbonyl (C=O) groups excluding carboxylic acids is 1. The number of nitrogens with one attached hydrogen (secondary N) is 1. The number of aryl methyl sites for hydroxylation is 1. The fourth-order valence-corrected chi connectivity index (χ4v) is 3.14. The quantitative estimate of drug-likeness (QED) is 0.847. The summed E-state index contributed by atoms with van der Waals surface area (Å²) in [5.74, 6) is 0.381. The molecule has 1 saturated heterocycles. The second kappa shape index (κ2) is 8.86. The smallest absolute Gasteiger partial charge is 0.224 e.